The normalized spacial score (nSPS) is 22.0. The van der Waals surface area contributed by atoms with Gasteiger partial charge in [0.25, 0.3) is 5.91 Å². The summed E-state index contributed by atoms with van der Waals surface area (Å²) in [6.45, 7) is 5.88. The number of carbonyl (C=O) groups is 1. The molecule has 4 heterocycles. The third-order valence-corrected chi connectivity index (χ3v) is 4.86. The summed E-state index contributed by atoms with van der Waals surface area (Å²) in [6.07, 6.45) is 7.95. The van der Waals surface area contributed by atoms with Crippen LogP contribution in [0.15, 0.2) is 36.9 Å². The van der Waals surface area contributed by atoms with Gasteiger partial charge in [-0.15, -0.1) is 0 Å². The van der Waals surface area contributed by atoms with E-state index in [1.54, 1.807) is 29.5 Å². The van der Waals surface area contributed by atoms with Crippen LogP contribution < -0.4 is 5.32 Å². The van der Waals surface area contributed by atoms with Crippen molar-refractivity contribution in [3.05, 3.63) is 42.5 Å². The second-order valence-corrected chi connectivity index (χ2v) is 6.36. The lowest BCUT2D eigenvalue weighted by Gasteiger charge is -2.32. The van der Waals surface area contributed by atoms with Crippen molar-refractivity contribution in [3.63, 3.8) is 0 Å². The molecule has 4 rings (SSSR count). The molecule has 2 saturated heterocycles. The van der Waals surface area contributed by atoms with E-state index >= 15 is 0 Å². The fourth-order valence-electron chi connectivity index (χ4n) is 3.52. The molecule has 24 heavy (non-hydrogen) atoms. The van der Waals surface area contributed by atoms with Gasteiger partial charge in [-0.05, 0) is 18.6 Å². The zero-order valence-corrected chi connectivity index (χ0v) is 13.6. The van der Waals surface area contributed by atoms with Crippen molar-refractivity contribution >= 4 is 5.91 Å². The first-order valence-electron chi connectivity index (χ1n) is 8.50. The average Bonchev–Trinajstić information content (AvgIpc) is 3.33. The molecule has 0 saturated carbocycles. The van der Waals surface area contributed by atoms with E-state index in [0.29, 0.717) is 11.6 Å². The van der Waals surface area contributed by atoms with Crippen molar-refractivity contribution in [3.8, 4) is 5.69 Å². The third kappa shape index (κ3) is 3.05. The number of piperazine rings is 1. The lowest BCUT2D eigenvalue weighted by molar-refractivity contribution is 0.0773. The Morgan fingerprint density at radius 3 is 2.88 bits per heavy atom. The van der Waals surface area contributed by atoms with E-state index in [1.807, 2.05) is 17.0 Å². The molecule has 0 aromatic carbocycles. The Morgan fingerprint density at radius 1 is 1.21 bits per heavy atom. The molecule has 126 valence electrons. The molecule has 0 spiro atoms. The largest absolute Gasteiger partial charge is 0.337 e. The Kier molecular flexibility index (Phi) is 4.27. The third-order valence-electron chi connectivity index (χ3n) is 4.86. The van der Waals surface area contributed by atoms with Gasteiger partial charge >= 0.3 is 0 Å². The molecule has 2 aliphatic heterocycles. The highest BCUT2D eigenvalue weighted by atomic mass is 16.2. The van der Waals surface area contributed by atoms with Gasteiger partial charge in [0.1, 0.15) is 0 Å². The number of nitrogens with zero attached hydrogens (tertiary/aromatic N) is 5. The maximum atomic E-state index is 12.7. The summed E-state index contributed by atoms with van der Waals surface area (Å²) < 4.78 is 1.70. The quantitative estimate of drug-likeness (QED) is 0.884. The van der Waals surface area contributed by atoms with Gasteiger partial charge in [-0.3, -0.25) is 14.7 Å². The number of hydrogen-bond acceptors (Lipinski definition) is 5. The molecule has 0 bridgehead atoms. The topological polar surface area (TPSA) is 66.3 Å². The zero-order chi connectivity index (χ0) is 16.4. The van der Waals surface area contributed by atoms with Crippen molar-refractivity contribution in [2.75, 3.05) is 39.3 Å². The second-order valence-electron chi connectivity index (χ2n) is 6.36. The molecule has 2 aromatic rings. The van der Waals surface area contributed by atoms with Crippen LogP contribution in [0, 0.1) is 0 Å². The van der Waals surface area contributed by atoms with E-state index in [-0.39, 0.29) is 5.91 Å². The minimum atomic E-state index is 0.0720. The number of likely N-dealkylation sites (tertiary alicyclic amines) is 1. The van der Waals surface area contributed by atoms with Crippen molar-refractivity contribution in [1.29, 1.82) is 0 Å². The summed E-state index contributed by atoms with van der Waals surface area (Å²) in [5, 5.41) is 7.68. The van der Waals surface area contributed by atoms with Crippen LogP contribution in [0.1, 0.15) is 16.8 Å². The first kappa shape index (κ1) is 15.3. The average molecular weight is 326 g/mol. The van der Waals surface area contributed by atoms with Gasteiger partial charge in [0.05, 0.1) is 23.6 Å². The van der Waals surface area contributed by atoms with Gasteiger partial charge in [0.15, 0.2) is 0 Å². The molecule has 7 heteroatoms. The Bertz CT molecular complexity index is 694. The van der Waals surface area contributed by atoms with Crippen molar-refractivity contribution in [1.82, 2.24) is 29.9 Å². The lowest BCUT2D eigenvalue weighted by atomic mass is 10.2. The van der Waals surface area contributed by atoms with Crippen molar-refractivity contribution in [2.24, 2.45) is 0 Å². The summed E-state index contributed by atoms with van der Waals surface area (Å²) in [4.78, 5) is 21.3. The number of pyridine rings is 1. The maximum absolute atomic E-state index is 12.7. The Balaban J connectivity index is 1.42. The smallest absolute Gasteiger partial charge is 0.257 e. The van der Waals surface area contributed by atoms with E-state index in [9.17, 15) is 4.79 Å². The number of amides is 1. The Labute approximate surface area is 141 Å². The first-order chi connectivity index (χ1) is 11.8. The van der Waals surface area contributed by atoms with Gasteiger partial charge < -0.3 is 10.2 Å². The fraction of sp³-hybridized carbons (Fsp3) is 0.471. The fourth-order valence-corrected chi connectivity index (χ4v) is 3.52. The predicted octanol–water partition coefficient (Wildman–Crippen LogP) is 0.387. The molecular formula is C17H22N6O. The van der Waals surface area contributed by atoms with Gasteiger partial charge in [0, 0.05) is 57.7 Å². The van der Waals surface area contributed by atoms with Crippen molar-refractivity contribution in [2.45, 2.75) is 12.5 Å². The van der Waals surface area contributed by atoms with E-state index in [4.69, 9.17) is 0 Å². The van der Waals surface area contributed by atoms with Crippen LogP contribution in [0.5, 0.6) is 0 Å². The van der Waals surface area contributed by atoms with Gasteiger partial charge in [-0.1, -0.05) is 0 Å². The molecule has 2 fully saturated rings. The predicted molar refractivity (Wildman–Crippen MR) is 90.1 cm³/mol. The molecule has 1 N–H and O–H groups in total. The SMILES string of the molecule is O=C(c1cnn(-c2cccnc2)c1)N1CCC(N2CCNCC2)C1. The number of aromatic nitrogens is 3. The minimum absolute atomic E-state index is 0.0720. The van der Waals surface area contributed by atoms with Crippen LogP contribution in [0.2, 0.25) is 0 Å². The van der Waals surface area contributed by atoms with Crippen LogP contribution >= 0.6 is 0 Å². The summed E-state index contributed by atoms with van der Waals surface area (Å²) in [6, 6.07) is 4.27. The van der Waals surface area contributed by atoms with Crippen LogP contribution in [0.3, 0.4) is 0 Å². The maximum Gasteiger partial charge on any atom is 0.257 e. The monoisotopic (exact) mass is 326 g/mol. The molecule has 7 nitrogen and oxygen atoms in total. The summed E-state index contributed by atoms with van der Waals surface area (Å²) in [7, 11) is 0. The number of hydrogen-bond donors (Lipinski definition) is 1. The summed E-state index contributed by atoms with van der Waals surface area (Å²) in [5.41, 5.74) is 1.50. The van der Waals surface area contributed by atoms with Gasteiger partial charge in [-0.2, -0.15) is 5.10 Å². The molecule has 0 radical (unpaired) electrons. The van der Waals surface area contributed by atoms with Crippen LogP contribution in [-0.4, -0.2) is 75.8 Å². The molecular weight excluding hydrogens is 304 g/mol. The number of carbonyl (C=O) groups excluding carboxylic acids is 1. The van der Waals surface area contributed by atoms with Crippen molar-refractivity contribution < 1.29 is 4.79 Å². The van der Waals surface area contributed by atoms with E-state index in [0.717, 1.165) is 51.4 Å². The molecule has 2 aliphatic rings. The zero-order valence-electron chi connectivity index (χ0n) is 13.6. The standard InChI is InChI=1S/C17H22N6O/c24-17(14-10-20-23(12-14)15-2-1-4-19-11-15)22-7-3-16(13-22)21-8-5-18-6-9-21/h1-2,4,10-12,16,18H,3,5-9,13H2. The highest BCUT2D eigenvalue weighted by Crippen LogP contribution is 2.19. The van der Waals surface area contributed by atoms with Gasteiger partial charge in [0.2, 0.25) is 0 Å². The van der Waals surface area contributed by atoms with Gasteiger partial charge in [-0.25, -0.2) is 4.68 Å². The van der Waals surface area contributed by atoms with E-state index in [2.05, 4.69) is 20.3 Å². The first-order valence-corrected chi connectivity index (χ1v) is 8.50. The van der Waals surface area contributed by atoms with E-state index in [1.165, 1.54) is 0 Å². The molecule has 1 amide bonds. The molecule has 2 aromatic heterocycles. The Morgan fingerprint density at radius 2 is 2.08 bits per heavy atom. The molecule has 1 atom stereocenters. The van der Waals surface area contributed by atoms with Crippen LogP contribution in [0.25, 0.3) is 5.69 Å². The van der Waals surface area contributed by atoms with Crippen LogP contribution in [0.4, 0.5) is 0 Å². The summed E-state index contributed by atoms with van der Waals surface area (Å²) in [5.74, 6) is 0.0720. The van der Waals surface area contributed by atoms with Crippen LogP contribution in [-0.2, 0) is 0 Å². The molecule has 1 unspecified atom stereocenters. The number of rotatable bonds is 3. The minimum Gasteiger partial charge on any atom is -0.337 e. The van der Waals surface area contributed by atoms with E-state index < -0.39 is 0 Å². The number of nitrogens with one attached hydrogen (secondary N) is 1. The molecule has 0 aliphatic carbocycles. The Hall–Kier alpha value is -2.25. The lowest BCUT2D eigenvalue weighted by Crippen LogP contribution is -2.49. The highest BCUT2D eigenvalue weighted by molar-refractivity contribution is 5.94. The highest BCUT2D eigenvalue weighted by Gasteiger charge is 2.31. The second kappa shape index (κ2) is 6.70. The summed E-state index contributed by atoms with van der Waals surface area (Å²) >= 11 is 0.